The van der Waals surface area contributed by atoms with Gasteiger partial charge in [0.15, 0.2) is 5.58 Å². The molecular formula is C12H7N3OS. The summed E-state index contributed by atoms with van der Waals surface area (Å²) in [6.07, 6.45) is 0. The van der Waals surface area contributed by atoms with E-state index in [1.165, 1.54) is 11.5 Å². The SMILES string of the molecule is N#Cc1c(N)oc2c(-c3ccccc3)snc12. The maximum absolute atomic E-state index is 8.96. The summed E-state index contributed by atoms with van der Waals surface area (Å²) in [6.45, 7) is 0. The number of furan rings is 1. The zero-order valence-corrected chi connectivity index (χ0v) is 9.49. The molecule has 0 amide bonds. The number of nitriles is 1. The van der Waals surface area contributed by atoms with Crippen LogP contribution in [0.2, 0.25) is 0 Å². The molecule has 0 spiro atoms. The van der Waals surface area contributed by atoms with Crippen LogP contribution in [-0.2, 0) is 0 Å². The third-order valence-electron chi connectivity index (χ3n) is 2.49. The standard InChI is InChI=1S/C12H7N3OS/c13-6-8-9-10(16-12(8)14)11(17-15-9)7-4-2-1-3-5-7/h1-5H,14H2. The van der Waals surface area contributed by atoms with Crippen molar-refractivity contribution in [1.29, 1.82) is 5.26 Å². The van der Waals surface area contributed by atoms with E-state index in [0.717, 1.165) is 10.4 Å². The maximum atomic E-state index is 8.96. The highest BCUT2D eigenvalue weighted by molar-refractivity contribution is 7.11. The lowest BCUT2D eigenvalue weighted by Gasteiger charge is -1.94. The molecule has 0 saturated heterocycles. The first-order valence-electron chi connectivity index (χ1n) is 4.94. The number of hydrogen-bond acceptors (Lipinski definition) is 5. The van der Waals surface area contributed by atoms with Crippen LogP contribution in [0.15, 0.2) is 34.7 Å². The van der Waals surface area contributed by atoms with Crippen molar-refractivity contribution in [3.8, 4) is 16.5 Å². The summed E-state index contributed by atoms with van der Waals surface area (Å²) in [5, 5.41) is 8.96. The van der Waals surface area contributed by atoms with Gasteiger partial charge in [-0.3, -0.25) is 0 Å². The Morgan fingerprint density at radius 3 is 2.76 bits per heavy atom. The summed E-state index contributed by atoms with van der Waals surface area (Å²) in [5.41, 5.74) is 8.10. The average molecular weight is 241 g/mol. The van der Waals surface area contributed by atoms with Crippen LogP contribution in [-0.4, -0.2) is 4.37 Å². The molecule has 0 aliphatic heterocycles. The van der Waals surface area contributed by atoms with Gasteiger partial charge in [0.1, 0.15) is 17.1 Å². The summed E-state index contributed by atoms with van der Waals surface area (Å²) in [5.74, 6) is 0.134. The highest BCUT2D eigenvalue weighted by atomic mass is 32.1. The molecule has 0 unspecified atom stereocenters. The minimum absolute atomic E-state index is 0.134. The van der Waals surface area contributed by atoms with E-state index in [4.69, 9.17) is 15.4 Å². The van der Waals surface area contributed by atoms with Gasteiger partial charge in [0.25, 0.3) is 0 Å². The Morgan fingerprint density at radius 1 is 1.29 bits per heavy atom. The van der Waals surface area contributed by atoms with Gasteiger partial charge in [-0.1, -0.05) is 30.3 Å². The molecule has 4 nitrogen and oxygen atoms in total. The van der Waals surface area contributed by atoms with Crippen molar-refractivity contribution in [2.45, 2.75) is 0 Å². The van der Waals surface area contributed by atoms with E-state index in [1.54, 1.807) is 0 Å². The van der Waals surface area contributed by atoms with Crippen molar-refractivity contribution in [3.63, 3.8) is 0 Å². The number of aromatic nitrogens is 1. The number of rotatable bonds is 1. The predicted octanol–water partition coefficient (Wildman–Crippen LogP) is 3.01. The fourth-order valence-corrected chi connectivity index (χ4v) is 2.51. The van der Waals surface area contributed by atoms with Crippen LogP contribution in [0.3, 0.4) is 0 Å². The van der Waals surface area contributed by atoms with E-state index in [9.17, 15) is 0 Å². The topological polar surface area (TPSA) is 75.8 Å². The van der Waals surface area contributed by atoms with Crippen molar-refractivity contribution in [3.05, 3.63) is 35.9 Å². The molecule has 3 aromatic rings. The normalized spacial score (nSPS) is 10.5. The molecule has 0 atom stereocenters. The Morgan fingerprint density at radius 2 is 2.06 bits per heavy atom. The third kappa shape index (κ3) is 1.39. The fourth-order valence-electron chi connectivity index (χ4n) is 1.69. The summed E-state index contributed by atoms with van der Waals surface area (Å²) >= 11 is 1.31. The van der Waals surface area contributed by atoms with E-state index in [1.807, 2.05) is 36.4 Å². The quantitative estimate of drug-likeness (QED) is 0.710. The van der Waals surface area contributed by atoms with E-state index >= 15 is 0 Å². The number of nitrogen functional groups attached to an aromatic ring is 1. The first kappa shape index (κ1) is 9.87. The molecule has 0 fully saturated rings. The van der Waals surface area contributed by atoms with Gasteiger partial charge < -0.3 is 10.2 Å². The summed E-state index contributed by atoms with van der Waals surface area (Å²) in [4.78, 5) is 0.897. The van der Waals surface area contributed by atoms with E-state index in [2.05, 4.69) is 4.37 Å². The number of anilines is 1. The second-order valence-electron chi connectivity index (χ2n) is 3.51. The van der Waals surface area contributed by atoms with Crippen LogP contribution < -0.4 is 5.73 Å². The monoisotopic (exact) mass is 241 g/mol. The van der Waals surface area contributed by atoms with Crippen LogP contribution in [0, 0.1) is 11.3 Å². The summed E-state index contributed by atoms with van der Waals surface area (Å²) in [6, 6.07) is 11.8. The fraction of sp³-hybridized carbons (Fsp3) is 0. The molecule has 1 aromatic carbocycles. The van der Waals surface area contributed by atoms with Gasteiger partial charge in [-0.15, -0.1) is 0 Å². The lowest BCUT2D eigenvalue weighted by molar-refractivity contribution is 0.638. The Hall–Kier alpha value is -2.32. The lowest BCUT2D eigenvalue weighted by Crippen LogP contribution is -1.83. The Labute approximate surface area is 101 Å². The second-order valence-corrected chi connectivity index (χ2v) is 4.28. The average Bonchev–Trinajstić information content (AvgIpc) is 2.87. The number of nitrogens with zero attached hydrogens (tertiary/aromatic N) is 2. The molecule has 5 heteroatoms. The zero-order chi connectivity index (χ0) is 11.8. The Bertz CT molecular complexity index is 721. The molecule has 2 aromatic heterocycles. The largest absolute Gasteiger partial charge is 0.436 e. The van der Waals surface area contributed by atoms with Crippen LogP contribution in [0.25, 0.3) is 21.5 Å². The molecule has 0 aliphatic carbocycles. The van der Waals surface area contributed by atoms with E-state index < -0.39 is 0 Å². The molecule has 0 aliphatic rings. The van der Waals surface area contributed by atoms with Gasteiger partial charge in [-0.05, 0) is 17.1 Å². The molecule has 3 rings (SSSR count). The Balaban J connectivity index is 2.31. The van der Waals surface area contributed by atoms with Crippen molar-refractivity contribution >= 4 is 28.5 Å². The molecule has 2 heterocycles. The predicted molar refractivity (Wildman–Crippen MR) is 66.4 cm³/mol. The molecule has 0 bridgehead atoms. The van der Waals surface area contributed by atoms with Crippen molar-refractivity contribution in [2.75, 3.05) is 5.73 Å². The molecule has 17 heavy (non-hydrogen) atoms. The highest BCUT2D eigenvalue weighted by Crippen LogP contribution is 2.37. The highest BCUT2D eigenvalue weighted by Gasteiger charge is 2.19. The zero-order valence-electron chi connectivity index (χ0n) is 8.68. The number of hydrogen-bond donors (Lipinski definition) is 1. The summed E-state index contributed by atoms with van der Waals surface area (Å²) < 4.78 is 9.65. The van der Waals surface area contributed by atoms with Crippen molar-refractivity contribution < 1.29 is 4.42 Å². The van der Waals surface area contributed by atoms with Gasteiger partial charge in [-0.25, -0.2) is 0 Å². The van der Waals surface area contributed by atoms with Gasteiger partial charge in [0, 0.05) is 0 Å². The number of nitrogens with two attached hydrogens (primary N) is 1. The van der Waals surface area contributed by atoms with Crippen molar-refractivity contribution in [2.24, 2.45) is 0 Å². The van der Waals surface area contributed by atoms with Gasteiger partial charge in [0.05, 0.1) is 4.88 Å². The molecule has 2 N–H and O–H groups in total. The molecular weight excluding hydrogens is 234 g/mol. The van der Waals surface area contributed by atoms with E-state index in [0.29, 0.717) is 16.7 Å². The maximum Gasteiger partial charge on any atom is 0.211 e. The van der Waals surface area contributed by atoms with Crippen LogP contribution in [0.4, 0.5) is 5.88 Å². The second kappa shape index (κ2) is 3.61. The first-order valence-corrected chi connectivity index (χ1v) is 5.71. The van der Waals surface area contributed by atoms with Gasteiger partial charge in [-0.2, -0.15) is 9.64 Å². The molecule has 0 saturated carbocycles. The minimum atomic E-state index is 0.134. The third-order valence-corrected chi connectivity index (χ3v) is 3.37. The lowest BCUT2D eigenvalue weighted by atomic mass is 10.2. The first-order chi connectivity index (χ1) is 8.31. The summed E-state index contributed by atoms with van der Waals surface area (Å²) in [7, 11) is 0. The van der Waals surface area contributed by atoms with Crippen LogP contribution >= 0.6 is 11.5 Å². The Kier molecular flexibility index (Phi) is 2.10. The molecule has 82 valence electrons. The smallest absolute Gasteiger partial charge is 0.211 e. The van der Waals surface area contributed by atoms with Gasteiger partial charge in [0.2, 0.25) is 5.88 Å². The van der Waals surface area contributed by atoms with Gasteiger partial charge >= 0.3 is 0 Å². The van der Waals surface area contributed by atoms with Crippen molar-refractivity contribution in [1.82, 2.24) is 4.37 Å². The number of benzene rings is 1. The number of fused-ring (bicyclic) bond motifs is 1. The van der Waals surface area contributed by atoms with Crippen LogP contribution in [0.1, 0.15) is 5.56 Å². The minimum Gasteiger partial charge on any atom is -0.436 e. The van der Waals surface area contributed by atoms with Crippen LogP contribution in [0.5, 0.6) is 0 Å². The van der Waals surface area contributed by atoms with E-state index in [-0.39, 0.29) is 5.88 Å². The molecule has 0 radical (unpaired) electrons.